The van der Waals surface area contributed by atoms with Crippen LogP contribution in [0.2, 0.25) is 0 Å². The van der Waals surface area contributed by atoms with Crippen LogP contribution in [0.1, 0.15) is 29.7 Å². The molecular weight excluding hydrogens is 436 g/mol. The van der Waals surface area contributed by atoms with Gasteiger partial charge >= 0.3 is 0 Å². The van der Waals surface area contributed by atoms with Crippen LogP contribution in [0.5, 0.6) is 11.5 Å². The maximum Gasteiger partial charge on any atom is 0.266 e. The Labute approximate surface area is 197 Å². The Morgan fingerprint density at radius 3 is 2.53 bits per heavy atom. The highest BCUT2D eigenvalue weighted by atomic mass is 16.5. The minimum Gasteiger partial charge on any atom is -0.493 e. The van der Waals surface area contributed by atoms with E-state index >= 15 is 0 Å². The minimum absolute atomic E-state index is 0.0593. The second-order valence-corrected chi connectivity index (χ2v) is 8.51. The van der Waals surface area contributed by atoms with Gasteiger partial charge in [0.15, 0.2) is 17.3 Å². The molecule has 3 aromatic rings. The van der Waals surface area contributed by atoms with Crippen LogP contribution < -0.4 is 14.4 Å². The summed E-state index contributed by atoms with van der Waals surface area (Å²) >= 11 is 0. The van der Waals surface area contributed by atoms with Crippen LogP contribution in [0.15, 0.2) is 39.4 Å². The number of oxazole rings is 1. The molecule has 1 fully saturated rings. The molecule has 0 spiro atoms. The Kier molecular flexibility index (Phi) is 5.88. The van der Waals surface area contributed by atoms with Crippen molar-refractivity contribution in [2.45, 2.75) is 25.8 Å². The number of carbonyl (C=O) groups excluding carboxylic acids is 1. The molecular formula is C25H26N4O5. The van der Waals surface area contributed by atoms with Crippen molar-refractivity contribution in [2.75, 3.05) is 38.8 Å². The SMILES string of the molecule is COc1cc2c(cc1OC)CN(C(=O)C1CCN(c3oc(-c4ccco4)nc3C#N)CC1)CC2. The Balaban J connectivity index is 1.24. The molecule has 1 saturated heterocycles. The molecule has 176 valence electrons. The largest absolute Gasteiger partial charge is 0.493 e. The van der Waals surface area contributed by atoms with Crippen molar-refractivity contribution in [1.82, 2.24) is 9.88 Å². The molecule has 34 heavy (non-hydrogen) atoms. The molecule has 2 aliphatic rings. The average Bonchev–Trinajstić information content (AvgIpc) is 3.57. The lowest BCUT2D eigenvalue weighted by Crippen LogP contribution is -2.44. The molecule has 2 aromatic heterocycles. The summed E-state index contributed by atoms with van der Waals surface area (Å²) in [7, 11) is 3.25. The second-order valence-electron chi connectivity index (χ2n) is 8.51. The van der Waals surface area contributed by atoms with Gasteiger partial charge in [-0.25, -0.2) is 0 Å². The molecule has 0 bridgehead atoms. The van der Waals surface area contributed by atoms with Gasteiger partial charge in [0, 0.05) is 32.1 Å². The number of benzene rings is 1. The Morgan fingerprint density at radius 1 is 1.15 bits per heavy atom. The van der Waals surface area contributed by atoms with E-state index < -0.39 is 0 Å². The summed E-state index contributed by atoms with van der Waals surface area (Å²) in [5.41, 5.74) is 2.52. The van der Waals surface area contributed by atoms with Gasteiger partial charge in [0.05, 0.1) is 20.5 Å². The number of nitriles is 1. The molecule has 5 rings (SSSR count). The zero-order valence-electron chi connectivity index (χ0n) is 19.2. The van der Waals surface area contributed by atoms with Gasteiger partial charge in [-0.1, -0.05) is 0 Å². The summed E-state index contributed by atoms with van der Waals surface area (Å²) < 4.78 is 22.0. The normalized spacial score (nSPS) is 16.1. The molecule has 4 heterocycles. The molecule has 1 amide bonds. The van der Waals surface area contributed by atoms with Crippen LogP contribution in [-0.4, -0.2) is 49.6 Å². The highest BCUT2D eigenvalue weighted by Crippen LogP contribution is 2.35. The predicted molar refractivity (Wildman–Crippen MR) is 123 cm³/mol. The number of amides is 1. The predicted octanol–water partition coefficient (Wildman–Crippen LogP) is 3.62. The zero-order valence-corrected chi connectivity index (χ0v) is 19.2. The molecule has 0 saturated carbocycles. The first-order chi connectivity index (χ1) is 16.6. The zero-order chi connectivity index (χ0) is 23.7. The number of hydrogen-bond donors (Lipinski definition) is 0. The lowest BCUT2D eigenvalue weighted by Gasteiger charge is -2.36. The van der Waals surface area contributed by atoms with E-state index in [4.69, 9.17) is 18.3 Å². The third kappa shape index (κ3) is 3.96. The van der Waals surface area contributed by atoms with Gasteiger partial charge in [-0.15, -0.1) is 0 Å². The lowest BCUT2D eigenvalue weighted by molar-refractivity contribution is -0.137. The smallest absolute Gasteiger partial charge is 0.266 e. The molecule has 0 unspecified atom stereocenters. The summed E-state index contributed by atoms with van der Waals surface area (Å²) in [4.78, 5) is 21.5. The van der Waals surface area contributed by atoms with Crippen molar-refractivity contribution in [3.8, 4) is 29.2 Å². The molecule has 0 atom stereocenters. The van der Waals surface area contributed by atoms with Crippen molar-refractivity contribution in [2.24, 2.45) is 5.92 Å². The monoisotopic (exact) mass is 462 g/mol. The minimum atomic E-state index is -0.0593. The van der Waals surface area contributed by atoms with E-state index in [-0.39, 0.29) is 23.4 Å². The van der Waals surface area contributed by atoms with Crippen molar-refractivity contribution < 1.29 is 23.1 Å². The van der Waals surface area contributed by atoms with Crippen LogP contribution in [0, 0.1) is 17.2 Å². The van der Waals surface area contributed by atoms with Crippen LogP contribution in [0.4, 0.5) is 5.88 Å². The summed E-state index contributed by atoms with van der Waals surface area (Å²) in [5.74, 6) is 2.71. The molecule has 1 aromatic carbocycles. The Bertz CT molecular complexity index is 1220. The standard InChI is InChI=1S/C25H26N4O5/c1-31-21-12-17-7-10-29(15-18(17)13-22(21)32-2)24(30)16-5-8-28(9-6-16)25-19(14-26)27-23(34-25)20-4-3-11-33-20/h3-4,11-13,16H,5-10,15H2,1-2H3. The lowest BCUT2D eigenvalue weighted by atomic mass is 9.92. The molecule has 2 aliphatic heterocycles. The maximum absolute atomic E-state index is 13.3. The maximum atomic E-state index is 13.3. The van der Waals surface area contributed by atoms with Crippen molar-refractivity contribution in [1.29, 1.82) is 5.26 Å². The highest BCUT2D eigenvalue weighted by Gasteiger charge is 2.33. The number of carbonyl (C=O) groups is 1. The topological polar surface area (TPSA) is 105 Å². The second kappa shape index (κ2) is 9.14. The molecule has 0 N–H and O–H groups in total. The van der Waals surface area contributed by atoms with Crippen LogP contribution in [-0.2, 0) is 17.8 Å². The van der Waals surface area contributed by atoms with E-state index in [0.717, 1.165) is 12.0 Å². The number of methoxy groups -OCH3 is 2. The number of hydrogen-bond acceptors (Lipinski definition) is 8. The summed E-state index contributed by atoms with van der Waals surface area (Å²) in [6.45, 7) is 2.50. The number of nitrogens with zero attached hydrogens (tertiary/aromatic N) is 4. The Morgan fingerprint density at radius 2 is 1.88 bits per heavy atom. The van der Waals surface area contributed by atoms with E-state index in [0.29, 0.717) is 62.2 Å². The number of fused-ring (bicyclic) bond motifs is 1. The van der Waals surface area contributed by atoms with E-state index in [2.05, 4.69) is 11.1 Å². The number of anilines is 1. The number of aromatic nitrogens is 1. The number of furan rings is 1. The van der Waals surface area contributed by atoms with E-state index in [9.17, 15) is 10.1 Å². The van der Waals surface area contributed by atoms with Crippen molar-refractivity contribution >= 4 is 11.8 Å². The fraction of sp³-hybridized carbons (Fsp3) is 0.400. The third-order valence-corrected chi connectivity index (χ3v) is 6.61. The summed E-state index contributed by atoms with van der Waals surface area (Å²) in [6, 6.07) is 9.57. The molecule has 0 radical (unpaired) electrons. The number of piperidine rings is 1. The van der Waals surface area contributed by atoms with Gasteiger partial charge in [0.25, 0.3) is 5.89 Å². The van der Waals surface area contributed by atoms with Gasteiger partial charge in [-0.2, -0.15) is 10.2 Å². The third-order valence-electron chi connectivity index (χ3n) is 6.61. The van der Waals surface area contributed by atoms with Crippen LogP contribution in [0.25, 0.3) is 11.7 Å². The molecule has 0 aliphatic carbocycles. The quantitative estimate of drug-likeness (QED) is 0.566. The van der Waals surface area contributed by atoms with Gasteiger partial charge < -0.3 is 28.1 Å². The van der Waals surface area contributed by atoms with Gasteiger partial charge in [0.2, 0.25) is 17.5 Å². The fourth-order valence-electron chi connectivity index (χ4n) is 4.76. The van der Waals surface area contributed by atoms with E-state index in [1.54, 1.807) is 26.4 Å². The van der Waals surface area contributed by atoms with Crippen LogP contribution >= 0.6 is 0 Å². The summed E-state index contributed by atoms with van der Waals surface area (Å²) in [6.07, 6.45) is 3.71. The first-order valence-corrected chi connectivity index (χ1v) is 11.3. The van der Waals surface area contributed by atoms with Crippen LogP contribution in [0.3, 0.4) is 0 Å². The highest BCUT2D eigenvalue weighted by molar-refractivity contribution is 5.79. The first-order valence-electron chi connectivity index (χ1n) is 11.3. The van der Waals surface area contributed by atoms with E-state index in [1.165, 1.54) is 11.8 Å². The molecule has 9 nitrogen and oxygen atoms in total. The number of rotatable bonds is 5. The van der Waals surface area contributed by atoms with Crippen molar-refractivity contribution in [3.05, 3.63) is 47.3 Å². The van der Waals surface area contributed by atoms with E-state index in [1.807, 2.05) is 21.9 Å². The van der Waals surface area contributed by atoms with Gasteiger partial charge in [-0.3, -0.25) is 4.79 Å². The average molecular weight is 463 g/mol. The fourth-order valence-corrected chi connectivity index (χ4v) is 4.76. The van der Waals surface area contributed by atoms with Gasteiger partial charge in [0.1, 0.15) is 6.07 Å². The number of ether oxygens (including phenoxy) is 2. The first kappa shape index (κ1) is 21.9. The Hall–Kier alpha value is -3.93. The van der Waals surface area contributed by atoms with Crippen molar-refractivity contribution in [3.63, 3.8) is 0 Å². The van der Waals surface area contributed by atoms with Gasteiger partial charge in [-0.05, 0) is 54.7 Å². The molecule has 9 heteroatoms. The summed E-state index contributed by atoms with van der Waals surface area (Å²) in [5, 5.41) is 9.51.